The van der Waals surface area contributed by atoms with Crippen LogP contribution < -0.4 is 16.2 Å². The lowest BCUT2D eigenvalue weighted by atomic mass is 10.1. The van der Waals surface area contributed by atoms with E-state index in [9.17, 15) is 4.79 Å². The van der Waals surface area contributed by atoms with Gasteiger partial charge < -0.3 is 10.6 Å². The quantitative estimate of drug-likeness (QED) is 0.758. The summed E-state index contributed by atoms with van der Waals surface area (Å²) in [7, 11) is 1.84. The Balaban J connectivity index is 1.51. The Labute approximate surface area is 165 Å². The van der Waals surface area contributed by atoms with E-state index in [1.807, 2.05) is 37.4 Å². The first-order chi connectivity index (χ1) is 13.6. The highest BCUT2D eigenvalue weighted by Crippen LogP contribution is 2.22. The molecule has 0 bridgehead atoms. The SMILES string of the molecule is Cc1ccccc1N1CCN(Cc2c(N)n(C)n(-c3ccccc3)c2=O)CC1. The number of aromatic nitrogens is 2. The van der Waals surface area contributed by atoms with Crippen LogP contribution in [0.4, 0.5) is 11.5 Å². The van der Waals surface area contributed by atoms with Gasteiger partial charge in [-0.2, -0.15) is 0 Å². The van der Waals surface area contributed by atoms with Gasteiger partial charge in [-0.3, -0.25) is 14.4 Å². The summed E-state index contributed by atoms with van der Waals surface area (Å²) >= 11 is 0. The minimum atomic E-state index is -0.0347. The van der Waals surface area contributed by atoms with E-state index in [2.05, 4.69) is 41.0 Å². The molecular weight excluding hydrogens is 350 g/mol. The van der Waals surface area contributed by atoms with Crippen LogP contribution in [0.1, 0.15) is 11.1 Å². The standard InChI is InChI=1S/C22H27N5O/c1-17-8-6-7-11-20(17)26-14-12-25(13-15-26)16-19-21(23)24(2)27(22(19)28)18-9-4-3-5-10-18/h3-11H,12-16,23H2,1-2H3. The van der Waals surface area contributed by atoms with E-state index in [1.54, 1.807) is 9.36 Å². The molecular formula is C22H27N5O. The van der Waals surface area contributed by atoms with E-state index in [4.69, 9.17) is 5.73 Å². The summed E-state index contributed by atoms with van der Waals surface area (Å²) in [4.78, 5) is 17.8. The molecule has 1 saturated heterocycles. The third-order valence-electron chi connectivity index (χ3n) is 5.62. The molecule has 0 atom stereocenters. The minimum absolute atomic E-state index is 0.0347. The Morgan fingerprint density at radius 3 is 2.25 bits per heavy atom. The van der Waals surface area contributed by atoms with Gasteiger partial charge in [-0.15, -0.1) is 0 Å². The Bertz CT molecular complexity index is 1010. The summed E-state index contributed by atoms with van der Waals surface area (Å²) in [5.74, 6) is 0.537. The van der Waals surface area contributed by atoms with E-state index in [1.165, 1.54) is 11.3 Å². The number of para-hydroxylation sites is 2. The van der Waals surface area contributed by atoms with Gasteiger partial charge in [0, 0.05) is 45.5 Å². The molecule has 0 unspecified atom stereocenters. The van der Waals surface area contributed by atoms with Gasteiger partial charge in [0.2, 0.25) is 0 Å². The predicted molar refractivity (Wildman–Crippen MR) is 114 cm³/mol. The van der Waals surface area contributed by atoms with Gasteiger partial charge in [-0.1, -0.05) is 36.4 Å². The van der Waals surface area contributed by atoms with Gasteiger partial charge in [0.15, 0.2) is 0 Å². The van der Waals surface area contributed by atoms with Crippen LogP contribution in [-0.4, -0.2) is 40.4 Å². The van der Waals surface area contributed by atoms with Crippen LogP contribution in [0.2, 0.25) is 0 Å². The highest BCUT2D eigenvalue weighted by molar-refractivity contribution is 5.53. The van der Waals surface area contributed by atoms with Gasteiger partial charge in [-0.05, 0) is 30.7 Å². The Morgan fingerprint density at radius 2 is 1.57 bits per heavy atom. The summed E-state index contributed by atoms with van der Waals surface area (Å²) in [6.45, 7) is 6.45. The molecule has 2 N–H and O–H groups in total. The molecule has 1 aromatic heterocycles. The van der Waals surface area contributed by atoms with Crippen molar-refractivity contribution in [3.05, 3.63) is 76.1 Å². The van der Waals surface area contributed by atoms with Gasteiger partial charge in [-0.25, -0.2) is 4.68 Å². The van der Waals surface area contributed by atoms with Crippen molar-refractivity contribution in [2.45, 2.75) is 13.5 Å². The number of nitrogen functional groups attached to an aromatic ring is 1. The number of anilines is 2. The Kier molecular flexibility index (Phi) is 4.96. The molecule has 0 saturated carbocycles. The lowest BCUT2D eigenvalue weighted by Gasteiger charge is -2.36. The van der Waals surface area contributed by atoms with Crippen LogP contribution in [-0.2, 0) is 13.6 Å². The molecule has 28 heavy (non-hydrogen) atoms. The number of hydrogen-bond acceptors (Lipinski definition) is 4. The van der Waals surface area contributed by atoms with Crippen molar-refractivity contribution in [3.63, 3.8) is 0 Å². The number of piperazine rings is 1. The highest BCUT2D eigenvalue weighted by Gasteiger charge is 2.23. The van der Waals surface area contributed by atoms with E-state index < -0.39 is 0 Å². The number of rotatable bonds is 4. The molecule has 1 aliphatic rings. The first kappa shape index (κ1) is 18.4. The second-order valence-corrected chi connectivity index (χ2v) is 7.39. The van der Waals surface area contributed by atoms with Gasteiger partial charge in [0.25, 0.3) is 5.56 Å². The third kappa shape index (κ3) is 3.31. The monoisotopic (exact) mass is 377 g/mol. The van der Waals surface area contributed by atoms with Crippen molar-refractivity contribution in [1.82, 2.24) is 14.3 Å². The number of nitrogens with zero attached hydrogens (tertiary/aromatic N) is 4. The number of hydrogen-bond donors (Lipinski definition) is 1. The third-order valence-corrected chi connectivity index (χ3v) is 5.62. The summed E-state index contributed by atoms with van der Waals surface area (Å²) in [5, 5.41) is 0. The second kappa shape index (κ2) is 7.56. The van der Waals surface area contributed by atoms with Crippen LogP contribution in [0.25, 0.3) is 5.69 Å². The molecule has 3 aromatic rings. The molecule has 0 radical (unpaired) electrons. The zero-order valence-corrected chi connectivity index (χ0v) is 16.5. The molecule has 2 heterocycles. The smallest absolute Gasteiger partial charge is 0.278 e. The first-order valence-electron chi connectivity index (χ1n) is 9.71. The number of benzene rings is 2. The van der Waals surface area contributed by atoms with Crippen LogP contribution in [0.3, 0.4) is 0 Å². The fraction of sp³-hybridized carbons (Fsp3) is 0.318. The van der Waals surface area contributed by atoms with E-state index in [0.29, 0.717) is 17.9 Å². The molecule has 2 aromatic carbocycles. The molecule has 4 rings (SSSR count). The number of aryl methyl sites for hydroxylation is 1. The molecule has 1 aliphatic heterocycles. The molecule has 6 nitrogen and oxygen atoms in total. The van der Waals surface area contributed by atoms with Gasteiger partial charge in [0.05, 0.1) is 11.3 Å². The van der Waals surface area contributed by atoms with Gasteiger partial charge >= 0.3 is 0 Å². The molecule has 1 fully saturated rings. The van der Waals surface area contributed by atoms with Crippen LogP contribution in [0, 0.1) is 6.92 Å². The maximum atomic E-state index is 13.0. The average molecular weight is 377 g/mol. The molecule has 146 valence electrons. The second-order valence-electron chi connectivity index (χ2n) is 7.39. The van der Waals surface area contributed by atoms with Crippen molar-refractivity contribution < 1.29 is 0 Å². The molecule has 6 heteroatoms. The van der Waals surface area contributed by atoms with E-state index in [0.717, 1.165) is 31.9 Å². The zero-order valence-electron chi connectivity index (χ0n) is 16.5. The topological polar surface area (TPSA) is 59.4 Å². The van der Waals surface area contributed by atoms with Crippen molar-refractivity contribution >= 4 is 11.5 Å². The van der Waals surface area contributed by atoms with Crippen molar-refractivity contribution in [1.29, 1.82) is 0 Å². The van der Waals surface area contributed by atoms with E-state index >= 15 is 0 Å². The fourth-order valence-electron chi connectivity index (χ4n) is 3.97. The lowest BCUT2D eigenvalue weighted by molar-refractivity contribution is 0.249. The molecule has 0 spiro atoms. The fourth-order valence-corrected chi connectivity index (χ4v) is 3.97. The van der Waals surface area contributed by atoms with Gasteiger partial charge in [0.1, 0.15) is 5.82 Å². The maximum Gasteiger partial charge on any atom is 0.278 e. The number of nitrogens with two attached hydrogens (primary N) is 1. The first-order valence-corrected chi connectivity index (χ1v) is 9.71. The lowest BCUT2D eigenvalue weighted by Crippen LogP contribution is -2.46. The Morgan fingerprint density at radius 1 is 0.929 bits per heavy atom. The van der Waals surface area contributed by atoms with Crippen LogP contribution >= 0.6 is 0 Å². The summed E-state index contributed by atoms with van der Waals surface area (Å²) < 4.78 is 3.39. The van der Waals surface area contributed by atoms with Crippen LogP contribution in [0.15, 0.2) is 59.4 Å². The zero-order chi connectivity index (χ0) is 19.7. The Hall–Kier alpha value is -2.99. The summed E-state index contributed by atoms with van der Waals surface area (Å²) in [5.41, 5.74) is 10.4. The summed E-state index contributed by atoms with van der Waals surface area (Å²) in [6.07, 6.45) is 0. The maximum absolute atomic E-state index is 13.0. The predicted octanol–water partition coefficient (Wildman–Crippen LogP) is 2.39. The minimum Gasteiger partial charge on any atom is -0.384 e. The largest absolute Gasteiger partial charge is 0.384 e. The molecule has 0 amide bonds. The van der Waals surface area contributed by atoms with Crippen molar-refractivity contribution in [3.8, 4) is 5.69 Å². The average Bonchev–Trinajstić information content (AvgIpc) is 2.93. The highest BCUT2D eigenvalue weighted by atomic mass is 16.1. The van der Waals surface area contributed by atoms with Crippen molar-refractivity contribution in [2.75, 3.05) is 36.8 Å². The normalized spacial score (nSPS) is 15.1. The van der Waals surface area contributed by atoms with Crippen molar-refractivity contribution in [2.24, 2.45) is 7.05 Å². The summed E-state index contributed by atoms with van der Waals surface area (Å²) in [6, 6.07) is 18.1. The van der Waals surface area contributed by atoms with E-state index in [-0.39, 0.29) is 5.56 Å². The molecule has 0 aliphatic carbocycles. The van der Waals surface area contributed by atoms with Crippen LogP contribution in [0.5, 0.6) is 0 Å².